The molecule has 2 aromatic rings. The molecule has 0 radical (unpaired) electrons. The highest BCUT2D eigenvalue weighted by atomic mass is 35.5. The molecule has 2 aromatic carbocycles. The lowest BCUT2D eigenvalue weighted by Gasteiger charge is -2.12. The van der Waals surface area contributed by atoms with E-state index in [2.05, 4.69) is 10.6 Å². The third-order valence-corrected chi connectivity index (χ3v) is 3.75. The van der Waals surface area contributed by atoms with Crippen molar-refractivity contribution in [2.75, 3.05) is 23.8 Å². The van der Waals surface area contributed by atoms with E-state index < -0.39 is 23.6 Å². The highest BCUT2D eigenvalue weighted by Gasteiger charge is 2.31. The van der Waals surface area contributed by atoms with Crippen LogP contribution in [0.5, 0.6) is 0 Å². The van der Waals surface area contributed by atoms with Crippen molar-refractivity contribution in [3.8, 4) is 0 Å². The summed E-state index contributed by atoms with van der Waals surface area (Å²) in [5, 5.41) is 5.12. The monoisotopic (exact) mass is 400 g/mol. The van der Waals surface area contributed by atoms with Gasteiger partial charge < -0.3 is 15.4 Å². The largest absolute Gasteiger partial charge is 0.462 e. The third kappa shape index (κ3) is 5.89. The number of anilines is 2. The van der Waals surface area contributed by atoms with Crippen LogP contribution in [0.4, 0.5) is 24.5 Å². The van der Waals surface area contributed by atoms with Crippen molar-refractivity contribution >= 4 is 34.9 Å². The van der Waals surface area contributed by atoms with Gasteiger partial charge in [0.15, 0.2) is 0 Å². The summed E-state index contributed by atoms with van der Waals surface area (Å²) in [5.41, 5.74) is -0.128. The van der Waals surface area contributed by atoms with E-state index in [4.69, 9.17) is 16.3 Å². The maximum atomic E-state index is 12.7. The van der Waals surface area contributed by atoms with Gasteiger partial charge >= 0.3 is 12.1 Å². The van der Waals surface area contributed by atoms with Gasteiger partial charge in [0.1, 0.15) is 0 Å². The number of alkyl halides is 3. The minimum absolute atomic E-state index is 0.00450. The second-order valence-electron chi connectivity index (χ2n) is 5.39. The lowest BCUT2D eigenvalue weighted by molar-refractivity contribution is -0.137. The van der Waals surface area contributed by atoms with Crippen molar-refractivity contribution in [2.45, 2.75) is 13.1 Å². The smallest absolute Gasteiger partial charge is 0.416 e. The Morgan fingerprint density at radius 1 is 1.11 bits per heavy atom. The van der Waals surface area contributed by atoms with Gasteiger partial charge in [0.2, 0.25) is 5.91 Å². The number of rotatable bonds is 6. The fourth-order valence-corrected chi connectivity index (χ4v) is 2.28. The molecule has 0 unspecified atom stereocenters. The molecule has 27 heavy (non-hydrogen) atoms. The molecule has 0 saturated carbocycles. The Balaban J connectivity index is 1.96. The molecular weight excluding hydrogens is 385 g/mol. The number of hydrogen-bond donors (Lipinski definition) is 2. The minimum Gasteiger partial charge on any atom is -0.462 e. The molecular formula is C18H16ClF3N2O3. The Bertz CT molecular complexity index is 824. The van der Waals surface area contributed by atoms with Gasteiger partial charge in [-0.2, -0.15) is 13.2 Å². The van der Waals surface area contributed by atoms with Gasteiger partial charge in [-0.3, -0.25) is 4.79 Å². The molecule has 9 heteroatoms. The van der Waals surface area contributed by atoms with E-state index >= 15 is 0 Å². The third-order valence-electron chi connectivity index (χ3n) is 3.42. The number of esters is 1. The number of carbonyl (C=O) groups excluding carboxylic acids is 2. The summed E-state index contributed by atoms with van der Waals surface area (Å²) in [6.45, 7) is 1.76. The Morgan fingerprint density at radius 2 is 1.78 bits per heavy atom. The molecule has 0 heterocycles. The molecule has 0 aliphatic heterocycles. The average molecular weight is 401 g/mol. The quantitative estimate of drug-likeness (QED) is 0.696. The van der Waals surface area contributed by atoms with Crippen LogP contribution in [0, 0.1) is 0 Å². The van der Waals surface area contributed by atoms with Crippen molar-refractivity contribution in [1.82, 2.24) is 0 Å². The van der Waals surface area contributed by atoms with Gasteiger partial charge in [0, 0.05) is 5.69 Å². The van der Waals surface area contributed by atoms with Crippen LogP contribution >= 0.6 is 11.6 Å². The predicted octanol–water partition coefficient (Wildman–Crippen LogP) is 4.59. The summed E-state index contributed by atoms with van der Waals surface area (Å²) in [5.74, 6) is -1.04. The van der Waals surface area contributed by atoms with Crippen molar-refractivity contribution in [2.24, 2.45) is 0 Å². The lowest BCUT2D eigenvalue weighted by atomic mass is 10.2. The van der Waals surface area contributed by atoms with E-state index in [1.807, 2.05) is 0 Å². The highest BCUT2D eigenvalue weighted by Crippen LogP contribution is 2.33. The zero-order valence-electron chi connectivity index (χ0n) is 14.2. The molecule has 2 N–H and O–H groups in total. The predicted molar refractivity (Wildman–Crippen MR) is 96.0 cm³/mol. The van der Waals surface area contributed by atoms with E-state index in [-0.39, 0.29) is 23.9 Å². The van der Waals surface area contributed by atoms with Gasteiger partial charge in [-0.05, 0) is 49.4 Å². The average Bonchev–Trinajstić information content (AvgIpc) is 2.61. The molecule has 0 aliphatic rings. The normalized spacial score (nSPS) is 11.0. The van der Waals surface area contributed by atoms with E-state index in [0.717, 1.165) is 18.2 Å². The zero-order chi connectivity index (χ0) is 20.0. The van der Waals surface area contributed by atoms with E-state index in [9.17, 15) is 22.8 Å². The Hall–Kier alpha value is -2.74. The van der Waals surface area contributed by atoms with Crippen molar-refractivity contribution < 1.29 is 27.5 Å². The summed E-state index contributed by atoms with van der Waals surface area (Å²) >= 11 is 5.83. The first-order valence-corrected chi connectivity index (χ1v) is 8.26. The minimum atomic E-state index is -4.54. The number of amides is 1. The van der Waals surface area contributed by atoms with Crippen LogP contribution in [0.3, 0.4) is 0 Å². The molecule has 144 valence electrons. The van der Waals surface area contributed by atoms with E-state index in [1.54, 1.807) is 19.1 Å². The summed E-state index contributed by atoms with van der Waals surface area (Å²) in [4.78, 5) is 23.5. The highest BCUT2D eigenvalue weighted by molar-refractivity contribution is 6.33. The second-order valence-corrected chi connectivity index (χ2v) is 5.80. The van der Waals surface area contributed by atoms with Crippen LogP contribution < -0.4 is 10.6 Å². The Kier molecular flexibility index (Phi) is 6.68. The van der Waals surface area contributed by atoms with E-state index in [1.165, 1.54) is 12.1 Å². The first-order chi connectivity index (χ1) is 12.7. The van der Waals surface area contributed by atoms with Crippen LogP contribution in [0.1, 0.15) is 22.8 Å². The molecule has 0 aromatic heterocycles. The standard InChI is InChI=1S/C18H16ClF3N2O3/c1-2-27-17(26)11-3-6-13(7-4-11)23-10-16(25)24-15-9-12(18(20,21)22)5-8-14(15)19/h3-9,23H,2,10H2,1H3,(H,24,25). The Labute approximate surface area is 158 Å². The number of carbonyl (C=O) groups is 2. The van der Waals surface area contributed by atoms with E-state index in [0.29, 0.717) is 11.3 Å². The summed E-state index contributed by atoms with van der Waals surface area (Å²) in [7, 11) is 0. The molecule has 0 aliphatic carbocycles. The second kappa shape index (κ2) is 8.77. The molecule has 1 amide bonds. The molecule has 0 fully saturated rings. The van der Waals surface area contributed by atoms with Crippen LogP contribution in [0.15, 0.2) is 42.5 Å². The van der Waals surface area contributed by atoms with Gasteiger partial charge in [-0.15, -0.1) is 0 Å². The maximum absolute atomic E-state index is 12.7. The maximum Gasteiger partial charge on any atom is 0.416 e. The molecule has 0 atom stereocenters. The number of nitrogens with one attached hydrogen (secondary N) is 2. The summed E-state index contributed by atoms with van der Waals surface area (Å²) in [6, 6.07) is 8.90. The van der Waals surface area contributed by atoms with Crippen LogP contribution in [-0.2, 0) is 15.7 Å². The molecule has 2 rings (SSSR count). The fourth-order valence-electron chi connectivity index (χ4n) is 2.11. The first-order valence-electron chi connectivity index (χ1n) is 7.88. The topological polar surface area (TPSA) is 67.4 Å². The number of halogens is 4. The van der Waals surface area contributed by atoms with Crippen molar-refractivity contribution in [3.63, 3.8) is 0 Å². The van der Waals surface area contributed by atoms with Crippen LogP contribution in [0.2, 0.25) is 5.02 Å². The number of benzene rings is 2. The number of ether oxygens (including phenoxy) is 1. The van der Waals surface area contributed by atoms with Gasteiger partial charge in [0.25, 0.3) is 0 Å². The van der Waals surface area contributed by atoms with Crippen LogP contribution in [0.25, 0.3) is 0 Å². The summed E-state index contributed by atoms with van der Waals surface area (Å²) < 4.78 is 43.1. The van der Waals surface area contributed by atoms with Crippen LogP contribution in [-0.4, -0.2) is 25.0 Å². The zero-order valence-corrected chi connectivity index (χ0v) is 14.9. The van der Waals surface area contributed by atoms with Crippen molar-refractivity contribution in [1.29, 1.82) is 0 Å². The van der Waals surface area contributed by atoms with Crippen molar-refractivity contribution in [3.05, 3.63) is 58.6 Å². The summed E-state index contributed by atoms with van der Waals surface area (Å²) in [6.07, 6.45) is -4.54. The SMILES string of the molecule is CCOC(=O)c1ccc(NCC(=O)Nc2cc(C(F)(F)F)ccc2Cl)cc1. The van der Waals surface area contributed by atoms with Gasteiger partial charge in [-0.1, -0.05) is 11.6 Å². The van der Waals surface area contributed by atoms with Gasteiger partial charge in [-0.25, -0.2) is 4.79 Å². The number of hydrogen-bond acceptors (Lipinski definition) is 4. The molecule has 0 bridgehead atoms. The fraction of sp³-hybridized carbons (Fsp3) is 0.222. The first kappa shape index (κ1) is 20.6. The molecule has 0 spiro atoms. The lowest BCUT2D eigenvalue weighted by Crippen LogP contribution is -2.22. The molecule has 0 saturated heterocycles. The Morgan fingerprint density at radius 3 is 2.37 bits per heavy atom. The van der Waals surface area contributed by atoms with Gasteiger partial charge in [0.05, 0.1) is 35.0 Å². The molecule has 5 nitrogen and oxygen atoms in total.